The number of aryl methyl sites for hydroxylation is 2. The van der Waals surface area contributed by atoms with E-state index in [9.17, 15) is 0 Å². The van der Waals surface area contributed by atoms with E-state index in [0.29, 0.717) is 0 Å². The Morgan fingerprint density at radius 1 is 1.25 bits per heavy atom. The fraction of sp³-hybridized carbons (Fsp3) is 0.273. The molecule has 1 nitrogen and oxygen atoms in total. The summed E-state index contributed by atoms with van der Waals surface area (Å²) in [6, 6.07) is 6.44. The highest BCUT2D eigenvalue weighted by molar-refractivity contribution is 5.87. The molecule has 1 N–H and O–H groups in total. The van der Waals surface area contributed by atoms with E-state index in [1.807, 2.05) is 0 Å². The van der Waals surface area contributed by atoms with Crippen LogP contribution in [0.3, 0.4) is 0 Å². The topological polar surface area (TPSA) is 15.8 Å². The molecule has 0 atom stereocenters. The van der Waals surface area contributed by atoms with Gasteiger partial charge in [-0.05, 0) is 18.9 Å². The fourth-order valence-corrected chi connectivity index (χ4v) is 1.66. The van der Waals surface area contributed by atoms with E-state index >= 15 is 0 Å². The monoisotopic (exact) mass is 159 g/mol. The lowest BCUT2D eigenvalue weighted by atomic mass is 10.1. The number of H-pyrrole nitrogens is 1. The third kappa shape index (κ3) is 0.934. The van der Waals surface area contributed by atoms with Crippen molar-refractivity contribution in [1.29, 1.82) is 0 Å². The van der Waals surface area contributed by atoms with Gasteiger partial charge in [0.05, 0.1) is 0 Å². The molecule has 12 heavy (non-hydrogen) atoms. The van der Waals surface area contributed by atoms with Gasteiger partial charge in [-0.2, -0.15) is 0 Å². The molecule has 0 aliphatic heterocycles. The minimum Gasteiger partial charge on any atom is -0.364 e. The lowest BCUT2D eigenvalue weighted by Crippen LogP contribution is -1.78. The molecule has 0 aliphatic carbocycles. The van der Waals surface area contributed by atoms with Crippen LogP contribution in [0.15, 0.2) is 24.4 Å². The Balaban J connectivity index is 2.80. The summed E-state index contributed by atoms with van der Waals surface area (Å²) < 4.78 is 0. The van der Waals surface area contributed by atoms with Crippen LogP contribution < -0.4 is 0 Å². The quantitative estimate of drug-likeness (QED) is 0.658. The van der Waals surface area contributed by atoms with Crippen LogP contribution in [-0.2, 0) is 6.42 Å². The van der Waals surface area contributed by atoms with E-state index in [2.05, 4.69) is 43.2 Å². The first-order valence-corrected chi connectivity index (χ1v) is 4.38. The Morgan fingerprint density at radius 3 is 2.83 bits per heavy atom. The number of nitrogens with one attached hydrogen (secondary N) is 1. The zero-order valence-electron chi connectivity index (χ0n) is 7.52. The first-order chi connectivity index (χ1) is 5.83. The lowest BCUT2D eigenvalue weighted by molar-refractivity contribution is 1.08. The maximum Gasteiger partial charge on any atom is 0.0224 e. The van der Waals surface area contributed by atoms with Gasteiger partial charge in [-0.15, -0.1) is 0 Å². The highest BCUT2D eigenvalue weighted by atomic mass is 14.7. The van der Waals surface area contributed by atoms with Crippen molar-refractivity contribution < 1.29 is 0 Å². The van der Waals surface area contributed by atoms with E-state index in [4.69, 9.17) is 0 Å². The van der Waals surface area contributed by atoms with Crippen molar-refractivity contribution in [3.8, 4) is 0 Å². The second-order valence-electron chi connectivity index (χ2n) is 3.16. The Hall–Kier alpha value is -1.24. The molecule has 1 heterocycles. The predicted octanol–water partition coefficient (Wildman–Crippen LogP) is 3.04. The van der Waals surface area contributed by atoms with E-state index < -0.39 is 0 Å². The van der Waals surface area contributed by atoms with Crippen molar-refractivity contribution in [2.24, 2.45) is 0 Å². The SMILES string of the molecule is CCc1[nH]cc2c(C)cccc12. The summed E-state index contributed by atoms with van der Waals surface area (Å²) in [6.07, 6.45) is 3.18. The number of rotatable bonds is 1. The van der Waals surface area contributed by atoms with Crippen molar-refractivity contribution in [3.05, 3.63) is 35.7 Å². The van der Waals surface area contributed by atoms with Gasteiger partial charge in [-0.3, -0.25) is 0 Å². The van der Waals surface area contributed by atoms with Gasteiger partial charge in [0, 0.05) is 22.7 Å². The molecule has 62 valence electrons. The van der Waals surface area contributed by atoms with Gasteiger partial charge in [0.15, 0.2) is 0 Å². The van der Waals surface area contributed by atoms with Crippen LogP contribution in [0.5, 0.6) is 0 Å². The minimum absolute atomic E-state index is 1.08. The number of aromatic nitrogens is 1. The maximum atomic E-state index is 3.30. The molecule has 0 saturated heterocycles. The molecule has 2 rings (SSSR count). The summed E-state index contributed by atoms with van der Waals surface area (Å²) in [5, 5.41) is 2.73. The molecule has 0 unspecified atom stereocenters. The standard InChI is InChI=1S/C11H13N/c1-3-11-9-6-4-5-8(2)10(9)7-12-11/h4-7,12H,3H2,1-2H3. The molecule has 1 aromatic carbocycles. The molecule has 0 amide bonds. The van der Waals surface area contributed by atoms with Gasteiger partial charge in [-0.1, -0.05) is 25.1 Å². The largest absolute Gasteiger partial charge is 0.364 e. The highest BCUT2D eigenvalue weighted by Crippen LogP contribution is 2.21. The van der Waals surface area contributed by atoms with Gasteiger partial charge in [0.2, 0.25) is 0 Å². The summed E-state index contributed by atoms with van der Waals surface area (Å²) in [5.41, 5.74) is 2.69. The third-order valence-corrected chi connectivity index (χ3v) is 2.39. The molecule has 0 aliphatic rings. The molecule has 0 bridgehead atoms. The molecule has 2 aromatic rings. The number of benzene rings is 1. The summed E-state index contributed by atoms with van der Waals surface area (Å²) in [4.78, 5) is 3.30. The van der Waals surface area contributed by atoms with Gasteiger partial charge < -0.3 is 4.98 Å². The first kappa shape index (κ1) is 7.41. The van der Waals surface area contributed by atoms with Gasteiger partial charge in [0.25, 0.3) is 0 Å². The average molecular weight is 159 g/mol. The van der Waals surface area contributed by atoms with Crippen LogP contribution in [0.1, 0.15) is 18.2 Å². The second-order valence-corrected chi connectivity index (χ2v) is 3.16. The van der Waals surface area contributed by atoms with E-state index in [0.717, 1.165) is 6.42 Å². The van der Waals surface area contributed by atoms with Crippen LogP contribution in [0, 0.1) is 6.92 Å². The highest BCUT2D eigenvalue weighted by Gasteiger charge is 2.01. The van der Waals surface area contributed by atoms with Crippen molar-refractivity contribution in [2.45, 2.75) is 20.3 Å². The molecule has 1 heteroatoms. The van der Waals surface area contributed by atoms with Gasteiger partial charge in [0.1, 0.15) is 0 Å². The molecule has 0 saturated carbocycles. The number of aromatic amines is 1. The van der Waals surface area contributed by atoms with Crippen LogP contribution in [0.4, 0.5) is 0 Å². The van der Waals surface area contributed by atoms with Gasteiger partial charge in [-0.25, -0.2) is 0 Å². The van der Waals surface area contributed by atoms with Crippen LogP contribution in [-0.4, -0.2) is 4.98 Å². The fourth-order valence-electron chi connectivity index (χ4n) is 1.66. The normalized spacial score (nSPS) is 10.8. The van der Waals surface area contributed by atoms with E-state index in [1.165, 1.54) is 22.0 Å². The molecule has 0 radical (unpaired) electrons. The second kappa shape index (κ2) is 2.67. The van der Waals surface area contributed by atoms with E-state index in [1.54, 1.807) is 0 Å². The molecular weight excluding hydrogens is 146 g/mol. The van der Waals surface area contributed by atoms with Crippen molar-refractivity contribution >= 4 is 10.8 Å². The lowest BCUT2D eigenvalue weighted by Gasteiger charge is -1.95. The van der Waals surface area contributed by atoms with E-state index in [-0.39, 0.29) is 0 Å². The van der Waals surface area contributed by atoms with Crippen LogP contribution in [0.2, 0.25) is 0 Å². The summed E-state index contributed by atoms with van der Waals surface area (Å²) in [7, 11) is 0. The van der Waals surface area contributed by atoms with Crippen LogP contribution >= 0.6 is 0 Å². The minimum atomic E-state index is 1.08. The average Bonchev–Trinajstić information content (AvgIpc) is 2.49. The molecular formula is C11H13N. The van der Waals surface area contributed by atoms with Crippen molar-refractivity contribution in [3.63, 3.8) is 0 Å². The number of hydrogen-bond donors (Lipinski definition) is 1. The maximum absolute atomic E-state index is 3.30. The molecule has 0 spiro atoms. The Kier molecular flexibility index (Phi) is 1.65. The molecule has 1 aromatic heterocycles. The zero-order valence-corrected chi connectivity index (χ0v) is 7.52. The van der Waals surface area contributed by atoms with Gasteiger partial charge >= 0.3 is 0 Å². The Morgan fingerprint density at radius 2 is 2.08 bits per heavy atom. The first-order valence-electron chi connectivity index (χ1n) is 4.38. The molecule has 0 fully saturated rings. The smallest absolute Gasteiger partial charge is 0.0224 e. The number of hydrogen-bond acceptors (Lipinski definition) is 0. The predicted molar refractivity (Wildman–Crippen MR) is 52.4 cm³/mol. The van der Waals surface area contributed by atoms with Crippen LogP contribution in [0.25, 0.3) is 10.8 Å². The summed E-state index contributed by atoms with van der Waals surface area (Å²) in [6.45, 7) is 4.32. The third-order valence-electron chi connectivity index (χ3n) is 2.39. The summed E-state index contributed by atoms with van der Waals surface area (Å²) in [5.74, 6) is 0. The van der Waals surface area contributed by atoms with Crippen molar-refractivity contribution in [1.82, 2.24) is 4.98 Å². The summed E-state index contributed by atoms with van der Waals surface area (Å²) >= 11 is 0. The Labute approximate surface area is 72.4 Å². The van der Waals surface area contributed by atoms with Crippen molar-refractivity contribution in [2.75, 3.05) is 0 Å². The zero-order chi connectivity index (χ0) is 8.55. The Bertz CT molecular complexity index is 398. The number of fused-ring (bicyclic) bond motifs is 1.